The Kier molecular flexibility index (Phi) is 2.90. The molecule has 14 heavy (non-hydrogen) atoms. The number of rotatable bonds is 2. The summed E-state index contributed by atoms with van der Waals surface area (Å²) in [5.74, 6) is -1.17. The number of hydrogen-bond acceptors (Lipinski definition) is 4. The van der Waals surface area contributed by atoms with Gasteiger partial charge in [-0.25, -0.2) is 9.59 Å². The molecule has 1 atom stereocenters. The van der Waals surface area contributed by atoms with E-state index in [0.29, 0.717) is 5.71 Å². The fourth-order valence-corrected chi connectivity index (χ4v) is 1.32. The maximum Gasteiger partial charge on any atom is 0.408 e. The highest BCUT2D eigenvalue weighted by Gasteiger charge is 2.38. The van der Waals surface area contributed by atoms with Crippen LogP contribution < -0.4 is 0 Å². The molecule has 1 heterocycles. The minimum absolute atomic E-state index is 0.0137. The summed E-state index contributed by atoms with van der Waals surface area (Å²) in [7, 11) is 1.33. The molecule has 7 heteroatoms. The van der Waals surface area contributed by atoms with Crippen LogP contribution in [0, 0.1) is 0 Å². The average molecular weight is 202 g/mol. The van der Waals surface area contributed by atoms with E-state index in [1.54, 1.807) is 0 Å². The molecular formula is C7H10N2O5. The zero-order valence-electron chi connectivity index (χ0n) is 7.51. The first-order chi connectivity index (χ1) is 6.56. The fourth-order valence-electron chi connectivity index (χ4n) is 1.32. The zero-order valence-corrected chi connectivity index (χ0v) is 7.51. The number of carboxylic acid groups (broad SMARTS) is 2. The van der Waals surface area contributed by atoms with E-state index in [4.69, 9.17) is 10.2 Å². The molecule has 0 aromatic heterocycles. The van der Waals surface area contributed by atoms with E-state index in [1.807, 2.05) is 0 Å². The van der Waals surface area contributed by atoms with Crippen molar-refractivity contribution in [2.24, 2.45) is 5.16 Å². The van der Waals surface area contributed by atoms with E-state index >= 15 is 0 Å². The smallest absolute Gasteiger partial charge is 0.408 e. The minimum atomic E-state index is -1.27. The maximum atomic E-state index is 10.7. The summed E-state index contributed by atoms with van der Waals surface area (Å²) in [5, 5.41) is 20.9. The Labute approximate surface area is 79.6 Å². The molecule has 1 saturated heterocycles. The number of carboxylic acids is 1. The molecule has 0 aliphatic carbocycles. The van der Waals surface area contributed by atoms with Gasteiger partial charge in [0.05, 0.1) is 12.3 Å². The summed E-state index contributed by atoms with van der Waals surface area (Å²) in [6, 6.07) is -1.05. The van der Waals surface area contributed by atoms with Crippen molar-refractivity contribution in [3.05, 3.63) is 0 Å². The number of likely N-dealkylation sites (tertiary alicyclic amines) is 1. The highest BCUT2D eigenvalue weighted by molar-refractivity contribution is 5.97. The number of carbonyl (C=O) groups is 2. The van der Waals surface area contributed by atoms with Crippen molar-refractivity contribution in [2.75, 3.05) is 13.7 Å². The van der Waals surface area contributed by atoms with Crippen molar-refractivity contribution in [1.82, 2.24) is 4.90 Å². The molecule has 0 bridgehead atoms. The molecule has 1 fully saturated rings. The fraction of sp³-hybridized carbons (Fsp3) is 0.571. The van der Waals surface area contributed by atoms with Crippen molar-refractivity contribution in [1.29, 1.82) is 0 Å². The Morgan fingerprint density at radius 3 is 2.57 bits per heavy atom. The van der Waals surface area contributed by atoms with Crippen LogP contribution in [-0.2, 0) is 9.63 Å². The van der Waals surface area contributed by atoms with Crippen LogP contribution >= 0.6 is 0 Å². The van der Waals surface area contributed by atoms with Crippen LogP contribution in [0.1, 0.15) is 6.42 Å². The van der Waals surface area contributed by atoms with Gasteiger partial charge < -0.3 is 15.1 Å². The number of aliphatic carboxylic acids is 1. The lowest BCUT2D eigenvalue weighted by Gasteiger charge is -2.15. The van der Waals surface area contributed by atoms with Gasteiger partial charge in [0.1, 0.15) is 13.2 Å². The monoisotopic (exact) mass is 202 g/mol. The number of hydrogen-bond donors (Lipinski definition) is 2. The molecular weight excluding hydrogens is 192 g/mol. The van der Waals surface area contributed by atoms with Gasteiger partial charge >= 0.3 is 12.1 Å². The molecule has 7 nitrogen and oxygen atoms in total. The van der Waals surface area contributed by atoms with E-state index in [1.165, 1.54) is 7.11 Å². The van der Waals surface area contributed by atoms with E-state index in [-0.39, 0.29) is 13.0 Å². The van der Waals surface area contributed by atoms with Gasteiger partial charge in [-0.05, 0) is 0 Å². The van der Waals surface area contributed by atoms with Crippen molar-refractivity contribution >= 4 is 17.8 Å². The van der Waals surface area contributed by atoms with E-state index in [2.05, 4.69) is 9.99 Å². The van der Waals surface area contributed by atoms with Crippen molar-refractivity contribution in [2.45, 2.75) is 12.5 Å². The van der Waals surface area contributed by atoms with E-state index < -0.39 is 18.1 Å². The van der Waals surface area contributed by atoms with Crippen molar-refractivity contribution < 1.29 is 24.6 Å². The van der Waals surface area contributed by atoms with Crippen LogP contribution in [0.15, 0.2) is 5.16 Å². The van der Waals surface area contributed by atoms with Crippen LogP contribution in [0.5, 0.6) is 0 Å². The lowest BCUT2D eigenvalue weighted by Crippen LogP contribution is -2.39. The Morgan fingerprint density at radius 1 is 1.57 bits per heavy atom. The van der Waals surface area contributed by atoms with Crippen molar-refractivity contribution in [3.8, 4) is 0 Å². The van der Waals surface area contributed by atoms with Gasteiger partial charge in [-0.2, -0.15) is 0 Å². The Morgan fingerprint density at radius 2 is 2.21 bits per heavy atom. The molecule has 1 aliphatic rings. The quantitative estimate of drug-likeness (QED) is 0.605. The summed E-state index contributed by atoms with van der Waals surface area (Å²) in [5.41, 5.74) is 0.419. The lowest BCUT2D eigenvalue weighted by atomic mass is 10.2. The number of nitrogens with zero attached hydrogens (tertiary/aromatic N) is 2. The Balaban J connectivity index is 2.80. The van der Waals surface area contributed by atoms with Gasteiger partial charge in [0.25, 0.3) is 0 Å². The van der Waals surface area contributed by atoms with Crippen LogP contribution in [0.25, 0.3) is 0 Å². The average Bonchev–Trinajstić information content (AvgIpc) is 2.49. The zero-order chi connectivity index (χ0) is 10.7. The number of amides is 1. The van der Waals surface area contributed by atoms with E-state index in [0.717, 1.165) is 4.90 Å². The highest BCUT2D eigenvalue weighted by Crippen LogP contribution is 2.15. The standard InChI is InChI=1S/C7H10N2O5/c1-14-8-4-2-5(6(10)11)9(3-4)7(12)13/h5H,2-3H2,1H3,(H,10,11)(H,12,13)/b8-4-. The maximum absolute atomic E-state index is 10.7. The third kappa shape index (κ3) is 1.93. The summed E-state index contributed by atoms with van der Waals surface area (Å²) in [6.07, 6.45) is -1.19. The Bertz CT molecular complexity index is 264. The topological polar surface area (TPSA) is 99.4 Å². The third-order valence-corrected chi connectivity index (χ3v) is 1.91. The SMILES string of the molecule is CO/N=C1/CC(C(=O)O)N(C(=O)O)C1. The number of oxime groups is 1. The van der Waals surface area contributed by atoms with Gasteiger partial charge in [-0.15, -0.1) is 0 Å². The molecule has 0 saturated carbocycles. The van der Waals surface area contributed by atoms with Crippen LogP contribution in [0.2, 0.25) is 0 Å². The van der Waals surface area contributed by atoms with Crippen LogP contribution in [0.3, 0.4) is 0 Å². The normalized spacial score (nSPS) is 23.9. The molecule has 0 spiro atoms. The molecule has 0 aromatic carbocycles. The first-order valence-corrected chi connectivity index (χ1v) is 3.87. The molecule has 0 radical (unpaired) electrons. The van der Waals surface area contributed by atoms with Gasteiger partial charge in [-0.3, -0.25) is 4.90 Å². The second-order valence-electron chi connectivity index (χ2n) is 2.81. The third-order valence-electron chi connectivity index (χ3n) is 1.91. The first-order valence-electron chi connectivity index (χ1n) is 3.87. The van der Waals surface area contributed by atoms with Crippen LogP contribution in [0.4, 0.5) is 4.79 Å². The second kappa shape index (κ2) is 3.95. The summed E-state index contributed by atoms with van der Waals surface area (Å²) in [4.78, 5) is 26.6. The summed E-state index contributed by atoms with van der Waals surface area (Å²) < 4.78 is 0. The van der Waals surface area contributed by atoms with Crippen LogP contribution in [-0.4, -0.2) is 52.6 Å². The van der Waals surface area contributed by atoms with Gasteiger partial charge in [-0.1, -0.05) is 5.16 Å². The molecule has 2 N–H and O–H groups in total. The molecule has 0 aromatic rings. The molecule has 1 rings (SSSR count). The van der Waals surface area contributed by atoms with Crippen molar-refractivity contribution in [3.63, 3.8) is 0 Å². The second-order valence-corrected chi connectivity index (χ2v) is 2.81. The molecule has 1 aliphatic heterocycles. The molecule has 1 amide bonds. The predicted octanol–water partition coefficient (Wildman–Crippen LogP) is -0.174. The molecule has 78 valence electrons. The minimum Gasteiger partial charge on any atom is -0.480 e. The van der Waals surface area contributed by atoms with Gasteiger partial charge in [0, 0.05) is 6.42 Å². The van der Waals surface area contributed by atoms with E-state index in [9.17, 15) is 9.59 Å². The Hall–Kier alpha value is -1.79. The first kappa shape index (κ1) is 10.3. The highest BCUT2D eigenvalue weighted by atomic mass is 16.6. The van der Waals surface area contributed by atoms with Gasteiger partial charge in [0.2, 0.25) is 0 Å². The largest absolute Gasteiger partial charge is 0.480 e. The summed E-state index contributed by atoms with van der Waals surface area (Å²) >= 11 is 0. The predicted molar refractivity (Wildman–Crippen MR) is 45.2 cm³/mol. The van der Waals surface area contributed by atoms with Gasteiger partial charge in [0.15, 0.2) is 0 Å². The lowest BCUT2D eigenvalue weighted by molar-refractivity contribution is -0.141. The summed E-state index contributed by atoms with van der Waals surface area (Å²) in [6.45, 7) is -0.0137. The molecule has 1 unspecified atom stereocenters.